The van der Waals surface area contributed by atoms with Crippen molar-refractivity contribution in [3.8, 4) is 0 Å². The highest BCUT2D eigenvalue weighted by atomic mass is 127. The van der Waals surface area contributed by atoms with Gasteiger partial charge in [-0.2, -0.15) is 0 Å². The summed E-state index contributed by atoms with van der Waals surface area (Å²) >= 11 is 1.90. The number of aliphatic hydroxyl groups is 1. The van der Waals surface area contributed by atoms with E-state index in [4.69, 9.17) is 10.5 Å². The Morgan fingerprint density at radius 2 is 2.22 bits per heavy atom. The normalized spacial score (nSPS) is 17.0. The van der Waals surface area contributed by atoms with E-state index in [1.165, 1.54) is 6.07 Å². The third-order valence-electron chi connectivity index (χ3n) is 3.61. The lowest BCUT2D eigenvalue weighted by atomic mass is 9.97. The zero-order valence-electron chi connectivity index (χ0n) is 13.2. The number of anilines is 1. The van der Waals surface area contributed by atoms with Crippen LogP contribution in [-0.4, -0.2) is 17.8 Å². The van der Waals surface area contributed by atoms with Gasteiger partial charge in [-0.1, -0.05) is 26.7 Å². The van der Waals surface area contributed by atoms with E-state index in [1.54, 1.807) is 6.07 Å². The topological polar surface area (TPSA) is 84.6 Å². The number of nitrogens with one attached hydrogen (secondary N) is 1. The summed E-state index contributed by atoms with van der Waals surface area (Å²) in [5.41, 5.74) is 4.71. The predicted molar refractivity (Wildman–Crippen MR) is 94.4 cm³/mol. The van der Waals surface area contributed by atoms with Crippen molar-refractivity contribution < 1.29 is 19.0 Å². The molecule has 1 saturated carbocycles. The second-order valence-electron chi connectivity index (χ2n) is 6.50. The van der Waals surface area contributed by atoms with Gasteiger partial charge < -0.3 is 9.84 Å². The molecule has 1 amide bonds. The molecule has 0 radical (unpaired) electrons. The Balaban J connectivity index is 2.11. The van der Waals surface area contributed by atoms with Gasteiger partial charge >= 0.3 is 6.09 Å². The van der Waals surface area contributed by atoms with Crippen LogP contribution in [-0.2, 0) is 10.5 Å². The number of amides is 1. The minimum Gasteiger partial charge on any atom is -0.449 e. The molecule has 0 heterocycles. The number of hydrogen-bond donors (Lipinski definition) is 3. The van der Waals surface area contributed by atoms with Crippen molar-refractivity contribution in [3.05, 3.63) is 27.1 Å². The first-order valence-corrected chi connectivity index (χ1v) is 8.71. The van der Waals surface area contributed by atoms with Gasteiger partial charge in [0.1, 0.15) is 11.5 Å². The summed E-state index contributed by atoms with van der Waals surface area (Å²) in [6.45, 7) is 4.08. The third-order valence-corrected chi connectivity index (χ3v) is 4.46. The first kappa shape index (κ1) is 18.4. The lowest BCUT2D eigenvalue weighted by Crippen LogP contribution is -2.37. The fraction of sp³-hybridized carbons (Fsp3) is 0.562. The number of halogens is 2. The lowest BCUT2D eigenvalue weighted by Gasteiger charge is -2.24. The molecule has 0 bridgehead atoms. The lowest BCUT2D eigenvalue weighted by molar-refractivity contribution is 0.0281. The van der Waals surface area contributed by atoms with E-state index in [2.05, 4.69) is 5.32 Å². The van der Waals surface area contributed by atoms with Gasteiger partial charge in [0.15, 0.2) is 0 Å². The molecule has 128 valence electrons. The highest BCUT2D eigenvalue weighted by Gasteiger charge is 2.34. The van der Waals surface area contributed by atoms with Gasteiger partial charge in [0, 0.05) is 9.13 Å². The van der Waals surface area contributed by atoms with E-state index in [1.807, 2.05) is 36.4 Å². The molecule has 1 aromatic rings. The Labute approximate surface area is 148 Å². The van der Waals surface area contributed by atoms with Crippen LogP contribution in [0.15, 0.2) is 12.1 Å². The van der Waals surface area contributed by atoms with E-state index in [-0.39, 0.29) is 18.2 Å². The first-order valence-electron chi connectivity index (χ1n) is 7.63. The van der Waals surface area contributed by atoms with Crippen molar-refractivity contribution in [2.45, 2.75) is 38.8 Å². The second kappa shape index (κ2) is 7.31. The number of ether oxygens (including phenoxy) is 1. The Bertz CT molecular complexity index is 566. The molecule has 0 saturated heterocycles. The van der Waals surface area contributed by atoms with Gasteiger partial charge in [-0.15, -0.1) is 0 Å². The zero-order chi connectivity index (χ0) is 17.2. The molecule has 1 aliphatic rings. The summed E-state index contributed by atoms with van der Waals surface area (Å²) in [7, 11) is 0. The number of nitrogens with two attached hydrogens (primary N) is 1. The molecule has 1 atom stereocenters. The van der Waals surface area contributed by atoms with Gasteiger partial charge in [0.25, 0.3) is 0 Å². The molecule has 1 fully saturated rings. The maximum atomic E-state index is 14.3. The van der Waals surface area contributed by atoms with Crippen molar-refractivity contribution in [3.63, 3.8) is 0 Å². The van der Waals surface area contributed by atoms with Crippen LogP contribution in [0.4, 0.5) is 14.9 Å². The maximum Gasteiger partial charge on any atom is 0.411 e. The molecule has 5 nitrogen and oxygen atoms in total. The van der Waals surface area contributed by atoms with E-state index >= 15 is 0 Å². The Morgan fingerprint density at radius 3 is 2.74 bits per heavy atom. The molecule has 2 rings (SSSR count). The molecular formula is C16H22FIN2O3. The number of carbonyl (C=O) groups excluding carboxylic acids is 1. The summed E-state index contributed by atoms with van der Waals surface area (Å²) < 4.78 is 19.8. The van der Waals surface area contributed by atoms with Crippen molar-refractivity contribution in [1.29, 1.82) is 0 Å². The fourth-order valence-electron chi connectivity index (χ4n) is 2.20. The molecular weight excluding hydrogens is 414 g/mol. The minimum atomic E-state index is -1.56. The second-order valence-corrected chi connectivity index (χ2v) is 7.67. The minimum absolute atomic E-state index is 0.0327. The average Bonchev–Trinajstić information content (AvgIpc) is 3.23. The predicted octanol–water partition coefficient (Wildman–Crippen LogP) is 3.54. The maximum absolute atomic E-state index is 14.3. The molecule has 0 aliphatic heterocycles. The highest BCUT2D eigenvalue weighted by Crippen LogP contribution is 2.39. The monoisotopic (exact) mass is 436 g/mol. The summed E-state index contributed by atoms with van der Waals surface area (Å²) in [4.78, 5) is 11.7. The van der Waals surface area contributed by atoms with Crippen molar-refractivity contribution in [2.75, 3.05) is 11.9 Å². The van der Waals surface area contributed by atoms with Crippen molar-refractivity contribution in [2.24, 2.45) is 17.6 Å². The Morgan fingerprint density at radius 1 is 1.57 bits per heavy atom. The molecule has 7 heteroatoms. The third kappa shape index (κ3) is 5.29. The average molecular weight is 436 g/mol. The first-order chi connectivity index (χ1) is 10.7. The zero-order valence-corrected chi connectivity index (χ0v) is 15.4. The highest BCUT2D eigenvalue weighted by molar-refractivity contribution is 14.1. The van der Waals surface area contributed by atoms with Crippen LogP contribution in [0.2, 0.25) is 0 Å². The van der Waals surface area contributed by atoms with Gasteiger partial charge in [-0.3, -0.25) is 11.1 Å². The molecule has 23 heavy (non-hydrogen) atoms. The van der Waals surface area contributed by atoms with Crippen LogP contribution in [0.1, 0.15) is 38.7 Å². The molecule has 1 aliphatic carbocycles. The molecule has 0 spiro atoms. The van der Waals surface area contributed by atoms with Crippen LogP contribution in [0.25, 0.3) is 0 Å². The largest absolute Gasteiger partial charge is 0.449 e. The van der Waals surface area contributed by atoms with Gasteiger partial charge in [0.2, 0.25) is 0 Å². The Kier molecular flexibility index (Phi) is 5.85. The quantitative estimate of drug-likeness (QED) is 0.471. The van der Waals surface area contributed by atoms with Crippen molar-refractivity contribution in [1.82, 2.24) is 0 Å². The van der Waals surface area contributed by atoms with E-state index in [9.17, 15) is 14.3 Å². The standard InChI is InChI=1S/C16H22FIN2O3/c1-9(2)8-23-15(21)20-14-12(17)5-11(6-13(14)18)16(19,22)7-10-3-4-10/h5-6,9-10,22H,3-4,7-8,19H2,1-2H3,(H,20,21). The summed E-state index contributed by atoms with van der Waals surface area (Å²) in [5, 5.41) is 12.8. The number of benzene rings is 1. The smallest absolute Gasteiger partial charge is 0.411 e. The number of hydrogen-bond acceptors (Lipinski definition) is 4. The molecule has 1 aromatic carbocycles. The number of rotatable bonds is 6. The van der Waals surface area contributed by atoms with Gasteiger partial charge in [-0.05, 0) is 53.0 Å². The van der Waals surface area contributed by atoms with Crippen LogP contribution >= 0.6 is 22.6 Å². The summed E-state index contributed by atoms with van der Waals surface area (Å²) in [6.07, 6.45) is 1.79. The van der Waals surface area contributed by atoms with E-state index in [0.717, 1.165) is 12.8 Å². The molecule has 1 unspecified atom stereocenters. The summed E-state index contributed by atoms with van der Waals surface area (Å²) in [6, 6.07) is 2.76. The molecule has 0 aromatic heterocycles. The van der Waals surface area contributed by atoms with Crippen LogP contribution in [0.5, 0.6) is 0 Å². The van der Waals surface area contributed by atoms with Crippen LogP contribution in [0, 0.1) is 21.2 Å². The molecule has 4 N–H and O–H groups in total. The van der Waals surface area contributed by atoms with Crippen molar-refractivity contribution >= 4 is 34.4 Å². The fourth-order valence-corrected chi connectivity index (χ4v) is 2.93. The summed E-state index contributed by atoms with van der Waals surface area (Å²) in [5.74, 6) is -0.0516. The SMILES string of the molecule is CC(C)COC(=O)Nc1c(F)cc(C(N)(O)CC2CC2)cc1I. The Hall–Kier alpha value is -0.930. The van der Waals surface area contributed by atoms with Gasteiger partial charge in [0.05, 0.1) is 12.3 Å². The number of carbonyl (C=O) groups is 1. The van der Waals surface area contributed by atoms with Gasteiger partial charge in [-0.25, -0.2) is 9.18 Å². The van der Waals surface area contributed by atoms with Crippen LogP contribution < -0.4 is 11.1 Å². The van der Waals surface area contributed by atoms with E-state index < -0.39 is 17.6 Å². The van der Waals surface area contributed by atoms with Crippen LogP contribution in [0.3, 0.4) is 0 Å². The van der Waals surface area contributed by atoms with E-state index in [0.29, 0.717) is 21.5 Å².